The molecule has 2 aliphatic rings. The Morgan fingerprint density at radius 2 is 2.22 bits per heavy atom. The van der Waals surface area contributed by atoms with Crippen molar-refractivity contribution in [2.45, 2.75) is 23.3 Å². The molecule has 3 atom stereocenters. The summed E-state index contributed by atoms with van der Waals surface area (Å²) in [6.07, 6.45) is 2.55. The zero-order valence-electron chi connectivity index (χ0n) is 5.21. The van der Waals surface area contributed by atoms with Gasteiger partial charge >= 0.3 is 0 Å². The molecule has 2 aliphatic heterocycles. The van der Waals surface area contributed by atoms with E-state index < -0.39 is 10.8 Å². The van der Waals surface area contributed by atoms with Gasteiger partial charge in [0.2, 0.25) is 0 Å². The first-order valence-electron chi connectivity index (χ1n) is 3.37. The maximum Gasteiger partial charge on any atom is 0.0475 e. The molecule has 2 rings (SSSR count). The lowest BCUT2D eigenvalue weighted by Gasteiger charge is -2.37. The topological polar surface area (TPSA) is 17.1 Å². The fourth-order valence-corrected chi connectivity index (χ4v) is 3.89. The molecule has 0 radical (unpaired) electrons. The monoisotopic (exact) mass is 162 g/mol. The van der Waals surface area contributed by atoms with E-state index in [0.29, 0.717) is 5.25 Å². The molecule has 2 heterocycles. The maximum atomic E-state index is 11.0. The Labute approximate surface area is 62.0 Å². The van der Waals surface area contributed by atoms with Crippen molar-refractivity contribution in [1.29, 1.82) is 0 Å². The molecule has 0 aromatic rings. The second kappa shape index (κ2) is 2.27. The Kier molecular flexibility index (Phi) is 1.57. The number of hydrogen-bond acceptors (Lipinski definition) is 2. The first-order chi connectivity index (χ1) is 4.38. The van der Waals surface area contributed by atoms with Crippen LogP contribution in [0.15, 0.2) is 0 Å². The fraction of sp³-hybridized carbons (Fsp3) is 1.00. The van der Waals surface area contributed by atoms with Gasteiger partial charge in [0.1, 0.15) is 0 Å². The van der Waals surface area contributed by atoms with Gasteiger partial charge in [-0.05, 0) is 18.6 Å². The second-order valence-corrected chi connectivity index (χ2v) is 5.73. The van der Waals surface area contributed by atoms with Gasteiger partial charge in [0.15, 0.2) is 0 Å². The summed E-state index contributed by atoms with van der Waals surface area (Å²) in [5.41, 5.74) is 0. The van der Waals surface area contributed by atoms with Crippen LogP contribution in [-0.2, 0) is 10.8 Å². The standard InChI is InChI=1S/C6H10OS2/c7-9-4-2-6(9)5-1-3-8-5/h5-6H,1-4H2. The number of thioether (sulfide) groups is 1. The quantitative estimate of drug-likeness (QED) is 0.572. The van der Waals surface area contributed by atoms with E-state index in [9.17, 15) is 4.21 Å². The third kappa shape index (κ3) is 0.944. The third-order valence-electron chi connectivity index (χ3n) is 2.09. The molecular weight excluding hydrogens is 152 g/mol. The van der Waals surface area contributed by atoms with Gasteiger partial charge in [-0.2, -0.15) is 11.8 Å². The minimum Gasteiger partial charge on any atom is -0.259 e. The summed E-state index contributed by atoms with van der Waals surface area (Å²) >= 11 is 2.00. The first kappa shape index (κ1) is 6.23. The minimum absolute atomic E-state index is 0.429. The average molecular weight is 162 g/mol. The van der Waals surface area contributed by atoms with Crippen LogP contribution in [0, 0.1) is 0 Å². The van der Waals surface area contributed by atoms with Crippen LogP contribution in [0.1, 0.15) is 12.8 Å². The van der Waals surface area contributed by atoms with Crippen molar-refractivity contribution >= 4 is 22.6 Å². The van der Waals surface area contributed by atoms with Gasteiger partial charge in [-0.1, -0.05) is 0 Å². The summed E-state index contributed by atoms with van der Waals surface area (Å²) < 4.78 is 11.0. The molecule has 9 heavy (non-hydrogen) atoms. The Morgan fingerprint density at radius 1 is 1.44 bits per heavy atom. The Hall–Kier alpha value is 0.500. The van der Waals surface area contributed by atoms with E-state index in [1.54, 1.807) is 0 Å². The fourth-order valence-electron chi connectivity index (χ4n) is 1.25. The van der Waals surface area contributed by atoms with Gasteiger partial charge in [0, 0.05) is 27.1 Å². The normalized spacial score (nSPS) is 49.6. The van der Waals surface area contributed by atoms with E-state index in [1.807, 2.05) is 11.8 Å². The van der Waals surface area contributed by atoms with Crippen molar-refractivity contribution in [2.24, 2.45) is 0 Å². The van der Waals surface area contributed by atoms with Crippen LogP contribution < -0.4 is 0 Å². The molecule has 1 nitrogen and oxygen atoms in total. The van der Waals surface area contributed by atoms with Crippen LogP contribution in [0.25, 0.3) is 0 Å². The largest absolute Gasteiger partial charge is 0.259 e. The van der Waals surface area contributed by atoms with E-state index in [4.69, 9.17) is 0 Å². The molecule has 2 saturated heterocycles. The smallest absolute Gasteiger partial charge is 0.0475 e. The SMILES string of the molecule is O=S1CCC1C1CCS1. The molecule has 2 fully saturated rings. The first-order valence-corrected chi connectivity index (χ1v) is 5.80. The molecule has 0 aromatic heterocycles. The van der Waals surface area contributed by atoms with Crippen molar-refractivity contribution in [3.05, 3.63) is 0 Å². The second-order valence-electron chi connectivity index (χ2n) is 2.61. The van der Waals surface area contributed by atoms with E-state index in [0.717, 1.165) is 11.0 Å². The van der Waals surface area contributed by atoms with Crippen LogP contribution >= 0.6 is 11.8 Å². The predicted molar refractivity (Wildman–Crippen MR) is 42.3 cm³/mol. The average Bonchev–Trinajstić information content (AvgIpc) is 1.74. The van der Waals surface area contributed by atoms with Crippen molar-refractivity contribution in [3.8, 4) is 0 Å². The summed E-state index contributed by atoms with van der Waals surface area (Å²) in [6.45, 7) is 0. The van der Waals surface area contributed by atoms with Crippen LogP contribution in [0.3, 0.4) is 0 Å². The summed E-state index contributed by atoms with van der Waals surface area (Å²) in [5.74, 6) is 2.28. The highest BCUT2D eigenvalue weighted by molar-refractivity contribution is 8.02. The third-order valence-corrected chi connectivity index (χ3v) is 5.60. The molecule has 52 valence electrons. The molecule has 0 saturated carbocycles. The zero-order valence-corrected chi connectivity index (χ0v) is 6.84. The van der Waals surface area contributed by atoms with Gasteiger partial charge in [0.05, 0.1) is 0 Å². The van der Waals surface area contributed by atoms with Gasteiger partial charge in [0.25, 0.3) is 0 Å². The van der Waals surface area contributed by atoms with Crippen LogP contribution in [0.4, 0.5) is 0 Å². The maximum absolute atomic E-state index is 11.0. The molecule has 0 spiro atoms. The van der Waals surface area contributed by atoms with Gasteiger partial charge in [-0.25, -0.2) is 0 Å². The van der Waals surface area contributed by atoms with E-state index in [1.165, 1.54) is 18.6 Å². The van der Waals surface area contributed by atoms with Crippen molar-refractivity contribution < 1.29 is 4.21 Å². The molecule has 3 unspecified atom stereocenters. The summed E-state index contributed by atoms with van der Waals surface area (Å²) in [6, 6.07) is 0. The lowest BCUT2D eigenvalue weighted by Crippen LogP contribution is -2.43. The molecule has 0 aliphatic carbocycles. The molecular formula is C6H10OS2. The van der Waals surface area contributed by atoms with E-state index in [2.05, 4.69) is 0 Å². The Morgan fingerprint density at radius 3 is 2.33 bits per heavy atom. The molecule has 3 heteroatoms. The number of hydrogen-bond donors (Lipinski definition) is 0. The molecule has 0 bridgehead atoms. The predicted octanol–water partition coefficient (Wildman–Crippen LogP) is 1.01. The lowest BCUT2D eigenvalue weighted by molar-refractivity contribution is 0.609. The molecule has 0 amide bonds. The highest BCUT2D eigenvalue weighted by atomic mass is 32.2. The Balaban J connectivity index is 1.90. The molecule has 0 N–H and O–H groups in total. The zero-order chi connectivity index (χ0) is 6.27. The van der Waals surface area contributed by atoms with Gasteiger partial charge in [-0.15, -0.1) is 0 Å². The highest BCUT2D eigenvalue weighted by Crippen LogP contribution is 2.37. The Bertz CT molecular complexity index is 142. The summed E-state index contributed by atoms with van der Waals surface area (Å²) in [5, 5.41) is 1.36. The lowest BCUT2D eigenvalue weighted by atomic mass is 10.2. The van der Waals surface area contributed by atoms with Crippen LogP contribution in [-0.4, -0.2) is 26.2 Å². The summed E-state index contributed by atoms with van der Waals surface area (Å²) in [7, 11) is -0.429. The number of rotatable bonds is 1. The highest BCUT2D eigenvalue weighted by Gasteiger charge is 2.37. The van der Waals surface area contributed by atoms with Crippen molar-refractivity contribution in [2.75, 3.05) is 11.5 Å². The van der Waals surface area contributed by atoms with E-state index >= 15 is 0 Å². The van der Waals surface area contributed by atoms with Gasteiger partial charge < -0.3 is 0 Å². The summed E-state index contributed by atoms with van der Waals surface area (Å²) in [4.78, 5) is 0. The van der Waals surface area contributed by atoms with Crippen molar-refractivity contribution in [3.63, 3.8) is 0 Å². The van der Waals surface area contributed by atoms with E-state index in [-0.39, 0.29) is 0 Å². The van der Waals surface area contributed by atoms with Crippen molar-refractivity contribution in [1.82, 2.24) is 0 Å². The van der Waals surface area contributed by atoms with Gasteiger partial charge in [-0.3, -0.25) is 4.21 Å². The van der Waals surface area contributed by atoms with Crippen LogP contribution in [0.2, 0.25) is 0 Å². The molecule has 0 aromatic carbocycles. The van der Waals surface area contributed by atoms with Crippen LogP contribution in [0.5, 0.6) is 0 Å². The minimum atomic E-state index is -0.429.